The van der Waals surface area contributed by atoms with Gasteiger partial charge in [-0.25, -0.2) is 4.68 Å². The van der Waals surface area contributed by atoms with Gasteiger partial charge in [-0.05, 0) is 53.8 Å². The van der Waals surface area contributed by atoms with Crippen LogP contribution in [0.3, 0.4) is 0 Å². The summed E-state index contributed by atoms with van der Waals surface area (Å²) >= 11 is 1.35. The Bertz CT molecular complexity index is 725. The topological polar surface area (TPSA) is 81.9 Å². The van der Waals surface area contributed by atoms with Gasteiger partial charge in [0.25, 0.3) is 0 Å². The van der Waals surface area contributed by atoms with Crippen LogP contribution in [0.1, 0.15) is 45.1 Å². The highest BCUT2D eigenvalue weighted by atomic mass is 32.2. The second-order valence-electron chi connectivity index (χ2n) is 6.80. The largest absolute Gasteiger partial charge is 0.376 e. The summed E-state index contributed by atoms with van der Waals surface area (Å²) in [6, 6.07) is 7.96. The third kappa shape index (κ3) is 4.82. The predicted octanol–water partition coefficient (Wildman–Crippen LogP) is 3.09. The fourth-order valence-corrected chi connectivity index (χ4v) is 3.58. The zero-order chi connectivity index (χ0) is 18.5. The maximum absolute atomic E-state index is 12.5. The third-order valence-electron chi connectivity index (χ3n) is 4.40. The van der Waals surface area contributed by atoms with Crippen molar-refractivity contribution in [3.63, 3.8) is 0 Å². The monoisotopic (exact) mass is 375 g/mol. The molecule has 26 heavy (non-hydrogen) atoms. The summed E-state index contributed by atoms with van der Waals surface area (Å²) in [5.74, 6) is 0.399. The molecule has 1 fully saturated rings. The van der Waals surface area contributed by atoms with Crippen molar-refractivity contribution in [1.29, 1.82) is 0 Å². The van der Waals surface area contributed by atoms with E-state index in [1.54, 1.807) is 4.68 Å². The summed E-state index contributed by atoms with van der Waals surface area (Å²) in [5, 5.41) is 15.1. The summed E-state index contributed by atoms with van der Waals surface area (Å²) in [6.07, 6.45) is 2.25. The van der Waals surface area contributed by atoms with Crippen molar-refractivity contribution in [3.05, 3.63) is 29.8 Å². The summed E-state index contributed by atoms with van der Waals surface area (Å²) < 4.78 is 7.36. The number of thioether (sulfide) groups is 1. The first kappa shape index (κ1) is 18.8. The summed E-state index contributed by atoms with van der Waals surface area (Å²) in [6.45, 7) is 7.57. The van der Waals surface area contributed by atoms with Crippen LogP contribution in [-0.4, -0.2) is 44.1 Å². The SMILES string of the molecule is CC(C)c1ccc(NC(=O)[C@H](C)Sc2nnnn2C[C@H]2CCCO2)cc1. The van der Waals surface area contributed by atoms with Crippen molar-refractivity contribution in [3.8, 4) is 0 Å². The summed E-state index contributed by atoms with van der Waals surface area (Å²) in [4.78, 5) is 12.5. The Kier molecular flexibility index (Phi) is 6.26. The first-order valence-electron chi connectivity index (χ1n) is 8.98. The van der Waals surface area contributed by atoms with E-state index in [0.717, 1.165) is 25.1 Å². The number of tetrazole rings is 1. The van der Waals surface area contributed by atoms with Crippen LogP contribution in [-0.2, 0) is 16.1 Å². The van der Waals surface area contributed by atoms with Crippen LogP contribution in [0.2, 0.25) is 0 Å². The van der Waals surface area contributed by atoms with Crippen molar-refractivity contribution >= 4 is 23.4 Å². The molecule has 1 aromatic carbocycles. The Hall–Kier alpha value is -1.93. The minimum atomic E-state index is -0.311. The predicted molar refractivity (Wildman–Crippen MR) is 101 cm³/mol. The molecule has 0 aliphatic carbocycles. The van der Waals surface area contributed by atoms with Gasteiger partial charge in [-0.1, -0.05) is 37.7 Å². The molecule has 1 aliphatic rings. The fraction of sp³-hybridized carbons (Fsp3) is 0.556. The lowest BCUT2D eigenvalue weighted by Gasteiger charge is -2.14. The number of hydrogen-bond acceptors (Lipinski definition) is 6. The number of benzene rings is 1. The second-order valence-corrected chi connectivity index (χ2v) is 8.11. The number of ether oxygens (including phenoxy) is 1. The van der Waals surface area contributed by atoms with Crippen LogP contribution in [0.4, 0.5) is 5.69 Å². The number of rotatable bonds is 7. The molecule has 140 valence electrons. The molecule has 8 heteroatoms. The minimum absolute atomic E-state index is 0.0704. The van der Waals surface area contributed by atoms with Crippen molar-refractivity contribution < 1.29 is 9.53 Å². The first-order valence-corrected chi connectivity index (χ1v) is 9.86. The zero-order valence-electron chi connectivity index (χ0n) is 15.4. The zero-order valence-corrected chi connectivity index (χ0v) is 16.2. The van der Waals surface area contributed by atoms with Gasteiger partial charge < -0.3 is 10.1 Å². The third-order valence-corrected chi connectivity index (χ3v) is 5.47. The Morgan fingerprint density at radius 1 is 1.35 bits per heavy atom. The molecule has 1 amide bonds. The number of anilines is 1. The van der Waals surface area contributed by atoms with E-state index >= 15 is 0 Å². The Balaban J connectivity index is 1.56. The molecule has 1 saturated heterocycles. The van der Waals surface area contributed by atoms with E-state index in [1.807, 2.05) is 31.2 Å². The molecule has 7 nitrogen and oxygen atoms in total. The lowest BCUT2D eigenvalue weighted by molar-refractivity contribution is -0.115. The first-order chi connectivity index (χ1) is 12.5. The Morgan fingerprint density at radius 2 is 2.12 bits per heavy atom. The van der Waals surface area contributed by atoms with Gasteiger partial charge in [0.1, 0.15) is 0 Å². The van der Waals surface area contributed by atoms with Gasteiger partial charge in [0.05, 0.1) is 17.9 Å². The second kappa shape index (κ2) is 8.64. The molecule has 2 atom stereocenters. The van der Waals surface area contributed by atoms with Gasteiger partial charge in [0.15, 0.2) is 0 Å². The number of nitrogens with zero attached hydrogens (tertiary/aromatic N) is 4. The molecule has 2 aromatic rings. The standard InChI is InChI=1S/C18H25N5O2S/c1-12(2)14-6-8-15(9-7-14)19-17(24)13(3)26-18-20-21-22-23(18)11-16-5-4-10-25-16/h6-9,12-13,16H,4-5,10-11H2,1-3H3,(H,19,24)/t13-,16+/m0/s1. The van der Waals surface area contributed by atoms with Crippen molar-refractivity contribution in [2.24, 2.45) is 0 Å². The number of carbonyl (C=O) groups is 1. The summed E-state index contributed by atoms with van der Waals surface area (Å²) in [5.41, 5.74) is 2.05. The molecule has 0 bridgehead atoms. The van der Waals surface area contributed by atoms with E-state index < -0.39 is 0 Å². The van der Waals surface area contributed by atoms with Gasteiger partial charge in [0, 0.05) is 12.3 Å². The fourth-order valence-electron chi connectivity index (χ4n) is 2.78. The molecule has 0 spiro atoms. The number of nitrogens with one attached hydrogen (secondary N) is 1. The van der Waals surface area contributed by atoms with E-state index in [1.165, 1.54) is 17.3 Å². The molecule has 0 unspecified atom stereocenters. The normalized spacial score (nSPS) is 18.2. The van der Waals surface area contributed by atoms with Gasteiger partial charge in [-0.2, -0.15) is 0 Å². The molecule has 0 saturated carbocycles. The van der Waals surface area contributed by atoms with Crippen LogP contribution in [0.5, 0.6) is 0 Å². The molecular weight excluding hydrogens is 350 g/mol. The molecule has 2 heterocycles. The summed E-state index contributed by atoms with van der Waals surface area (Å²) in [7, 11) is 0. The van der Waals surface area contributed by atoms with Crippen molar-refractivity contribution in [2.75, 3.05) is 11.9 Å². The average molecular weight is 375 g/mol. The van der Waals surface area contributed by atoms with E-state index in [2.05, 4.69) is 34.7 Å². The van der Waals surface area contributed by atoms with Gasteiger partial charge in [-0.15, -0.1) is 5.10 Å². The van der Waals surface area contributed by atoms with Gasteiger partial charge in [-0.3, -0.25) is 4.79 Å². The van der Waals surface area contributed by atoms with E-state index in [9.17, 15) is 4.79 Å². The highest BCUT2D eigenvalue weighted by Gasteiger charge is 2.22. The van der Waals surface area contributed by atoms with E-state index in [-0.39, 0.29) is 17.3 Å². The highest BCUT2D eigenvalue weighted by molar-refractivity contribution is 8.00. The van der Waals surface area contributed by atoms with Crippen LogP contribution in [0, 0.1) is 0 Å². The highest BCUT2D eigenvalue weighted by Crippen LogP contribution is 2.24. The van der Waals surface area contributed by atoms with Gasteiger partial charge >= 0.3 is 0 Å². The lowest BCUT2D eigenvalue weighted by Crippen LogP contribution is -2.23. The smallest absolute Gasteiger partial charge is 0.237 e. The molecule has 3 rings (SSSR count). The van der Waals surface area contributed by atoms with Crippen molar-refractivity contribution in [1.82, 2.24) is 20.2 Å². The number of carbonyl (C=O) groups excluding carboxylic acids is 1. The maximum Gasteiger partial charge on any atom is 0.237 e. The molecule has 1 N–H and O–H groups in total. The molecule has 1 aromatic heterocycles. The van der Waals surface area contributed by atoms with Crippen LogP contribution < -0.4 is 5.32 Å². The van der Waals surface area contributed by atoms with E-state index in [4.69, 9.17) is 4.74 Å². The number of amides is 1. The quantitative estimate of drug-likeness (QED) is 0.749. The van der Waals surface area contributed by atoms with Crippen LogP contribution in [0.25, 0.3) is 0 Å². The molecule has 0 radical (unpaired) electrons. The Labute approximate surface area is 157 Å². The van der Waals surface area contributed by atoms with Crippen LogP contribution in [0.15, 0.2) is 29.4 Å². The number of hydrogen-bond donors (Lipinski definition) is 1. The lowest BCUT2D eigenvalue weighted by atomic mass is 10.0. The van der Waals surface area contributed by atoms with Crippen LogP contribution >= 0.6 is 11.8 Å². The molecule has 1 aliphatic heterocycles. The number of aromatic nitrogens is 4. The maximum atomic E-state index is 12.5. The minimum Gasteiger partial charge on any atom is -0.376 e. The Morgan fingerprint density at radius 3 is 2.77 bits per heavy atom. The van der Waals surface area contributed by atoms with Crippen molar-refractivity contribution in [2.45, 2.75) is 62.6 Å². The average Bonchev–Trinajstić information content (AvgIpc) is 3.28. The molecular formula is C18H25N5O2S. The van der Waals surface area contributed by atoms with E-state index in [0.29, 0.717) is 17.6 Å². The van der Waals surface area contributed by atoms with Gasteiger partial charge in [0.2, 0.25) is 11.1 Å².